The van der Waals surface area contributed by atoms with Crippen molar-refractivity contribution in [3.05, 3.63) is 59.7 Å². The van der Waals surface area contributed by atoms with Crippen molar-refractivity contribution in [3.8, 4) is 0 Å². The molecule has 0 fully saturated rings. The lowest BCUT2D eigenvalue weighted by molar-refractivity contribution is -0.143. The molecule has 1 aliphatic carbocycles. The quantitative estimate of drug-likeness (QED) is 0.709. The van der Waals surface area contributed by atoms with Crippen molar-refractivity contribution < 1.29 is 14.3 Å². The number of esters is 1. The molecular formula is C20H24O3. The molecule has 2 rings (SSSR count). The van der Waals surface area contributed by atoms with E-state index in [2.05, 4.69) is 0 Å². The number of benzene rings is 1. The van der Waals surface area contributed by atoms with Crippen LogP contribution in [0.15, 0.2) is 54.1 Å². The lowest BCUT2D eigenvalue weighted by atomic mass is 9.79. The van der Waals surface area contributed by atoms with Crippen LogP contribution in [0.2, 0.25) is 0 Å². The molecule has 1 aliphatic rings. The number of rotatable bonds is 7. The van der Waals surface area contributed by atoms with Crippen molar-refractivity contribution in [2.24, 2.45) is 5.92 Å². The Kier molecular flexibility index (Phi) is 6.33. The van der Waals surface area contributed by atoms with Gasteiger partial charge in [-0.25, -0.2) is 0 Å². The molecule has 0 saturated carbocycles. The molecule has 0 saturated heterocycles. The van der Waals surface area contributed by atoms with Crippen LogP contribution in [0.1, 0.15) is 44.6 Å². The highest BCUT2D eigenvalue weighted by molar-refractivity contribution is 6.00. The van der Waals surface area contributed by atoms with E-state index < -0.39 is 0 Å². The molecule has 0 bridgehead atoms. The van der Waals surface area contributed by atoms with E-state index in [1.54, 1.807) is 6.92 Å². The first-order valence-electron chi connectivity index (χ1n) is 8.25. The second-order valence-electron chi connectivity index (χ2n) is 5.82. The number of ether oxygens (including phenoxy) is 1. The van der Waals surface area contributed by atoms with Gasteiger partial charge in [-0.2, -0.15) is 0 Å². The Morgan fingerprint density at radius 1 is 1.17 bits per heavy atom. The summed E-state index contributed by atoms with van der Waals surface area (Å²) in [6.07, 6.45) is 8.03. The SMILES string of the molecule is CCOC(=O)CC(c1ccccc1)C(C)C(=O)C1=CCCC=C1. The van der Waals surface area contributed by atoms with Gasteiger partial charge < -0.3 is 4.74 Å². The molecule has 1 aromatic carbocycles. The maximum Gasteiger partial charge on any atom is 0.306 e. The van der Waals surface area contributed by atoms with Crippen molar-refractivity contribution in [3.63, 3.8) is 0 Å². The third kappa shape index (κ3) is 4.65. The zero-order valence-corrected chi connectivity index (χ0v) is 13.8. The summed E-state index contributed by atoms with van der Waals surface area (Å²) in [6, 6.07) is 9.75. The van der Waals surface area contributed by atoms with Gasteiger partial charge in [-0.05, 0) is 25.3 Å². The van der Waals surface area contributed by atoms with E-state index in [4.69, 9.17) is 4.74 Å². The van der Waals surface area contributed by atoms with Crippen LogP contribution in [0, 0.1) is 5.92 Å². The summed E-state index contributed by atoms with van der Waals surface area (Å²) in [5.41, 5.74) is 1.76. The standard InChI is InChI=1S/C20H24O3/c1-3-23-19(21)14-18(16-10-6-4-7-11-16)15(2)20(22)17-12-8-5-9-13-17/h4,6-8,10-13,15,18H,3,5,9,14H2,1-2H3. The molecule has 0 N–H and O–H groups in total. The summed E-state index contributed by atoms with van der Waals surface area (Å²) in [4.78, 5) is 24.7. The largest absolute Gasteiger partial charge is 0.466 e. The summed E-state index contributed by atoms with van der Waals surface area (Å²) < 4.78 is 5.09. The summed E-state index contributed by atoms with van der Waals surface area (Å²) >= 11 is 0. The Morgan fingerprint density at radius 3 is 2.52 bits per heavy atom. The molecule has 0 aromatic heterocycles. The molecule has 1 aromatic rings. The summed E-state index contributed by atoms with van der Waals surface area (Å²) in [6.45, 7) is 4.06. The Bertz CT molecular complexity index is 599. The predicted octanol–water partition coefficient (Wildman–Crippen LogP) is 4.21. The fourth-order valence-corrected chi connectivity index (χ4v) is 2.92. The second-order valence-corrected chi connectivity index (χ2v) is 5.82. The van der Waals surface area contributed by atoms with Crippen molar-refractivity contribution in [1.82, 2.24) is 0 Å². The van der Waals surface area contributed by atoms with Crippen molar-refractivity contribution in [2.75, 3.05) is 6.61 Å². The van der Waals surface area contributed by atoms with E-state index in [1.165, 1.54) is 0 Å². The van der Waals surface area contributed by atoms with Gasteiger partial charge in [-0.15, -0.1) is 0 Å². The van der Waals surface area contributed by atoms with Gasteiger partial charge in [0.2, 0.25) is 0 Å². The van der Waals surface area contributed by atoms with Gasteiger partial charge in [0.25, 0.3) is 0 Å². The van der Waals surface area contributed by atoms with Gasteiger partial charge >= 0.3 is 5.97 Å². The van der Waals surface area contributed by atoms with Gasteiger partial charge in [-0.1, -0.05) is 55.5 Å². The lowest BCUT2D eigenvalue weighted by Crippen LogP contribution is -2.24. The molecule has 23 heavy (non-hydrogen) atoms. The molecule has 0 amide bonds. The zero-order valence-electron chi connectivity index (χ0n) is 13.8. The highest BCUT2D eigenvalue weighted by Crippen LogP contribution is 2.31. The average molecular weight is 312 g/mol. The van der Waals surface area contributed by atoms with Gasteiger partial charge in [0, 0.05) is 17.4 Å². The first-order chi connectivity index (χ1) is 11.1. The minimum atomic E-state index is -0.268. The molecule has 3 heteroatoms. The first kappa shape index (κ1) is 17.2. The molecule has 0 heterocycles. The maximum absolute atomic E-state index is 12.8. The Balaban J connectivity index is 2.21. The summed E-state index contributed by atoms with van der Waals surface area (Å²) in [5, 5.41) is 0. The van der Waals surface area contributed by atoms with Crippen LogP contribution >= 0.6 is 0 Å². The summed E-state index contributed by atoms with van der Waals surface area (Å²) in [7, 11) is 0. The van der Waals surface area contributed by atoms with Gasteiger partial charge in [0.15, 0.2) is 5.78 Å². The molecule has 0 radical (unpaired) electrons. The highest BCUT2D eigenvalue weighted by atomic mass is 16.5. The lowest BCUT2D eigenvalue weighted by Gasteiger charge is -2.23. The molecule has 2 unspecified atom stereocenters. The number of ketones is 1. The molecule has 122 valence electrons. The number of hydrogen-bond acceptors (Lipinski definition) is 3. The summed E-state index contributed by atoms with van der Waals surface area (Å²) in [5.74, 6) is -0.594. The Morgan fingerprint density at radius 2 is 1.91 bits per heavy atom. The van der Waals surface area contributed by atoms with Crippen LogP contribution in [0.3, 0.4) is 0 Å². The van der Waals surface area contributed by atoms with Crippen molar-refractivity contribution in [2.45, 2.75) is 39.0 Å². The third-order valence-corrected chi connectivity index (χ3v) is 4.22. The Labute approximate surface area is 138 Å². The number of carbonyl (C=O) groups excluding carboxylic acids is 2. The van der Waals surface area contributed by atoms with Crippen molar-refractivity contribution in [1.29, 1.82) is 0 Å². The van der Waals surface area contributed by atoms with Crippen LogP contribution in [0.5, 0.6) is 0 Å². The van der Waals surface area contributed by atoms with Crippen LogP contribution in [-0.2, 0) is 14.3 Å². The van der Waals surface area contributed by atoms with E-state index in [-0.39, 0.29) is 30.0 Å². The second kappa shape index (κ2) is 8.47. The van der Waals surface area contributed by atoms with E-state index in [9.17, 15) is 9.59 Å². The monoisotopic (exact) mass is 312 g/mol. The minimum absolute atomic E-state index is 0.0964. The van der Waals surface area contributed by atoms with Gasteiger partial charge in [0.05, 0.1) is 13.0 Å². The van der Waals surface area contributed by atoms with E-state index in [1.807, 2.05) is 55.5 Å². The molecule has 0 aliphatic heterocycles. The van der Waals surface area contributed by atoms with E-state index in [0.717, 1.165) is 24.0 Å². The van der Waals surface area contributed by atoms with Crippen LogP contribution in [-0.4, -0.2) is 18.4 Å². The number of carbonyl (C=O) groups is 2. The van der Waals surface area contributed by atoms with Crippen LogP contribution < -0.4 is 0 Å². The third-order valence-electron chi connectivity index (χ3n) is 4.22. The normalized spacial score (nSPS) is 16.3. The fraction of sp³-hybridized carbons (Fsp3) is 0.400. The van der Waals surface area contributed by atoms with Crippen LogP contribution in [0.25, 0.3) is 0 Å². The van der Waals surface area contributed by atoms with Gasteiger partial charge in [-0.3, -0.25) is 9.59 Å². The highest BCUT2D eigenvalue weighted by Gasteiger charge is 2.29. The minimum Gasteiger partial charge on any atom is -0.466 e. The molecule has 2 atom stereocenters. The Hall–Kier alpha value is -2.16. The topological polar surface area (TPSA) is 43.4 Å². The van der Waals surface area contributed by atoms with Crippen LogP contribution in [0.4, 0.5) is 0 Å². The zero-order chi connectivity index (χ0) is 16.7. The number of allylic oxidation sites excluding steroid dienone is 4. The maximum atomic E-state index is 12.8. The first-order valence-corrected chi connectivity index (χ1v) is 8.25. The fourth-order valence-electron chi connectivity index (χ4n) is 2.92. The smallest absolute Gasteiger partial charge is 0.306 e. The molecule has 0 spiro atoms. The number of hydrogen-bond donors (Lipinski definition) is 0. The number of Topliss-reactive ketones (excluding diaryl/α,β-unsaturated/α-hetero) is 1. The molecular weight excluding hydrogens is 288 g/mol. The van der Waals surface area contributed by atoms with Crippen molar-refractivity contribution >= 4 is 11.8 Å². The van der Waals surface area contributed by atoms with E-state index >= 15 is 0 Å². The average Bonchev–Trinajstić information content (AvgIpc) is 2.60. The predicted molar refractivity (Wildman–Crippen MR) is 91.1 cm³/mol. The van der Waals surface area contributed by atoms with E-state index in [0.29, 0.717) is 6.61 Å². The molecule has 3 nitrogen and oxygen atoms in total. The van der Waals surface area contributed by atoms with Gasteiger partial charge in [0.1, 0.15) is 0 Å².